The summed E-state index contributed by atoms with van der Waals surface area (Å²) in [6, 6.07) is 5.71. The molecule has 0 fully saturated rings. The Kier molecular flexibility index (Phi) is 3.19. The van der Waals surface area contributed by atoms with Crippen molar-refractivity contribution in [2.24, 2.45) is 0 Å². The Labute approximate surface area is 92.5 Å². The van der Waals surface area contributed by atoms with Gasteiger partial charge in [0.2, 0.25) is 0 Å². The van der Waals surface area contributed by atoms with Crippen molar-refractivity contribution in [3.8, 4) is 17.8 Å². The molecule has 0 N–H and O–H groups in total. The van der Waals surface area contributed by atoms with Crippen LogP contribution in [-0.2, 0) is 6.54 Å². The van der Waals surface area contributed by atoms with Crippen molar-refractivity contribution in [1.82, 2.24) is 9.55 Å². The fourth-order valence-corrected chi connectivity index (χ4v) is 1.10. The molecule has 0 radical (unpaired) electrons. The molecule has 1 aromatic carbocycles. The molecule has 1 heterocycles. The largest absolute Gasteiger partial charge is 0.408 e. The van der Waals surface area contributed by atoms with Gasteiger partial charge >= 0.3 is 0 Å². The summed E-state index contributed by atoms with van der Waals surface area (Å²) in [6.45, 7) is 0.515. The zero-order chi connectivity index (χ0) is 11.2. The van der Waals surface area contributed by atoms with Crippen molar-refractivity contribution in [1.29, 1.82) is 0 Å². The molecule has 0 aliphatic carbocycles. The van der Waals surface area contributed by atoms with Crippen molar-refractivity contribution >= 4 is 0 Å². The van der Waals surface area contributed by atoms with E-state index in [0.717, 1.165) is 0 Å². The highest BCUT2D eigenvalue weighted by atomic mass is 19.1. The van der Waals surface area contributed by atoms with Gasteiger partial charge in [0.25, 0.3) is 0 Å². The number of hydrogen-bond acceptors (Lipinski definition) is 2. The first kappa shape index (κ1) is 10.2. The average molecular weight is 216 g/mol. The minimum absolute atomic E-state index is 0.293. The summed E-state index contributed by atoms with van der Waals surface area (Å²) in [6.07, 6.45) is 7.71. The molecule has 2 aromatic rings. The number of benzene rings is 1. The van der Waals surface area contributed by atoms with Crippen LogP contribution in [0.4, 0.5) is 4.39 Å². The van der Waals surface area contributed by atoms with Gasteiger partial charge in [-0.3, -0.25) is 0 Å². The van der Waals surface area contributed by atoms with Crippen molar-refractivity contribution in [2.45, 2.75) is 6.54 Å². The topological polar surface area (TPSA) is 27.1 Å². The predicted molar refractivity (Wildman–Crippen MR) is 57.0 cm³/mol. The van der Waals surface area contributed by atoms with Crippen LogP contribution in [0.15, 0.2) is 43.0 Å². The van der Waals surface area contributed by atoms with Crippen LogP contribution in [0.3, 0.4) is 0 Å². The highest BCUT2D eigenvalue weighted by Crippen LogP contribution is 2.09. The van der Waals surface area contributed by atoms with Crippen molar-refractivity contribution in [3.63, 3.8) is 0 Å². The molecule has 0 aliphatic heterocycles. The molecule has 0 bridgehead atoms. The van der Waals surface area contributed by atoms with Crippen LogP contribution in [0.2, 0.25) is 0 Å². The molecule has 0 atom stereocenters. The van der Waals surface area contributed by atoms with E-state index in [-0.39, 0.29) is 5.82 Å². The lowest BCUT2D eigenvalue weighted by molar-refractivity contribution is 0.515. The SMILES string of the molecule is Fc1ccc(OC#CCn2ccnc2)cc1. The van der Waals surface area contributed by atoms with E-state index < -0.39 is 0 Å². The van der Waals surface area contributed by atoms with Gasteiger partial charge in [0, 0.05) is 12.4 Å². The van der Waals surface area contributed by atoms with Crippen LogP contribution in [0.1, 0.15) is 0 Å². The molecule has 2 rings (SSSR count). The van der Waals surface area contributed by atoms with Gasteiger partial charge in [-0.05, 0) is 30.2 Å². The average Bonchev–Trinajstić information content (AvgIpc) is 2.80. The van der Waals surface area contributed by atoms with E-state index in [1.807, 2.05) is 10.8 Å². The zero-order valence-corrected chi connectivity index (χ0v) is 8.43. The number of nitrogens with zero attached hydrogens (tertiary/aromatic N) is 2. The Hall–Kier alpha value is -2.28. The highest BCUT2D eigenvalue weighted by Gasteiger charge is 1.91. The van der Waals surface area contributed by atoms with E-state index in [4.69, 9.17) is 4.74 Å². The van der Waals surface area contributed by atoms with Crippen molar-refractivity contribution in [3.05, 3.63) is 48.8 Å². The van der Waals surface area contributed by atoms with Gasteiger partial charge in [-0.15, -0.1) is 0 Å². The molecule has 3 nitrogen and oxygen atoms in total. The Bertz CT molecular complexity index is 494. The molecule has 0 amide bonds. The Morgan fingerprint density at radius 3 is 2.81 bits per heavy atom. The number of ether oxygens (including phenoxy) is 1. The summed E-state index contributed by atoms with van der Waals surface area (Å²) < 4.78 is 19.5. The molecule has 0 saturated heterocycles. The van der Waals surface area contributed by atoms with Gasteiger partial charge in [-0.2, -0.15) is 0 Å². The molecule has 1 aromatic heterocycles. The summed E-state index contributed by atoms with van der Waals surface area (Å²) in [4.78, 5) is 3.88. The lowest BCUT2D eigenvalue weighted by atomic mass is 10.3. The number of hydrogen-bond donors (Lipinski definition) is 0. The number of aromatic nitrogens is 2. The van der Waals surface area contributed by atoms with Crippen molar-refractivity contribution in [2.75, 3.05) is 0 Å². The second-order valence-electron chi connectivity index (χ2n) is 3.07. The fourth-order valence-electron chi connectivity index (χ4n) is 1.10. The van der Waals surface area contributed by atoms with Crippen LogP contribution >= 0.6 is 0 Å². The predicted octanol–water partition coefficient (Wildman–Crippen LogP) is 2.06. The maximum atomic E-state index is 12.6. The molecule has 0 aliphatic rings. The van der Waals surface area contributed by atoms with Gasteiger partial charge < -0.3 is 9.30 Å². The smallest absolute Gasteiger partial charge is 0.140 e. The first-order chi connectivity index (χ1) is 7.84. The zero-order valence-electron chi connectivity index (χ0n) is 8.43. The molecule has 4 heteroatoms. The van der Waals surface area contributed by atoms with Crippen LogP contribution in [0, 0.1) is 17.8 Å². The third-order valence-corrected chi connectivity index (χ3v) is 1.88. The Morgan fingerprint density at radius 2 is 2.12 bits per heavy atom. The maximum absolute atomic E-state index is 12.6. The van der Waals surface area contributed by atoms with E-state index >= 15 is 0 Å². The summed E-state index contributed by atoms with van der Waals surface area (Å²) >= 11 is 0. The molecule has 0 saturated carbocycles. The number of imidazole rings is 1. The Balaban J connectivity index is 1.88. The fraction of sp³-hybridized carbons (Fsp3) is 0.0833. The molecular weight excluding hydrogens is 207 g/mol. The lowest BCUT2D eigenvalue weighted by Gasteiger charge is -1.95. The Morgan fingerprint density at radius 1 is 1.31 bits per heavy atom. The molecule has 0 spiro atoms. The van der Waals surface area contributed by atoms with Gasteiger partial charge in [0.1, 0.15) is 17.7 Å². The highest BCUT2D eigenvalue weighted by molar-refractivity contribution is 5.23. The quantitative estimate of drug-likeness (QED) is 0.718. The third-order valence-electron chi connectivity index (χ3n) is 1.88. The minimum atomic E-state index is -0.293. The normalized spacial score (nSPS) is 9.31. The maximum Gasteiger partial charge on any atom is 0.140 e. The van der Waals surface area contributed by atoms with Gasteiger partial charge in [-0.1, -0.05) is 0 Å². The lowest BCUT2D eigenvalue weighted by Crippen LogP contribution is -1.91. The van der Waals surface area contributed by atoms with E-state index in [2.05, 4.69) is 17.0 Å². The number of halogens is 1. The molecule has 80 valence electrons. The number of rotatable bonds is 2. The van der Waals surface area contributed by atoms with Crippen LogP contribution in [0.25, 0.3) is 0 Å². The minimum Gasteiger partial charge on any atom is -0.408 e. The van der Waals surface area contributed by atoms with Gasteiger partial charge in [0.05, 0.1) is 12.9 Å². The monoisotopic (exact) mass is 216 g/mol. The standard InChI is InChI=1S/C12H9FN2O/c13-11-2-4-12(5-3-11)16-9-1-7-15-8-6-14-10-15/h2-6,8,10H,7H2. The summed E-state index contributed by atoms with van der Waals surface area (Å²) in [7, 11) is 0. The van der Waals surface area contributed by atoms with E-state index in [1.165, 1.54) is 24.3 Å². The third kappa shape index (κ3) is 2.85. The van der Waals surface area contributed by atoms with Crippen LogP contribution in [-0.4, -0.2) is 9.55 Å². The molecule has 0 unspecified atom stereocenters. The molecule has 16 heavy (non-hydrogen) atoms. The first-order valence-electron chi connectivity index (χ1n) is 4.70. The van der Waals surface area contributed by atoms with Crippen LogP contribution in [0.5, 0.6) is 5.75 Å². The second-order valence-corrected chi connectivity index (χ2v) is 3.07. The van der Waals surface area contributed by atoms with E-state index in [0.29, 0.717) is 12.3 Å². The van der Waals surface area contributed by atoms with Crippen molar-refractivity contribution < 1.29 is 9.13 Å². The van der Waals surface area contributed by atoms with Crippen LogP contribution < -0.4 is 4.74 Å². The molecular formula is C12H9FN2O. The summed E-state index contributed by atoms with van der Waals surface area (Å²) in [5.74, 6) is 3.04. The second kappa shape index (κ2) is 4.99. The van der Waals surface area contributed by atoms with Gasteiger partial charge in [0.15, 0.2) is 0 Å². The summed E-state index contributed by atoms with van der Waals surface area (Å²) in [5, 5.41) is 0. The van der Waals surface area contributed by atoms with Gasteiger partial charge in [-0.25, -0.2) is 9.37 Å². The van der Waals surface area contributed by atoms with E-state index in [9.17, 15) is 4.39 Å². The first-order valence-corrected chi connectivity index (χ1v) is 4.70. The summed E-state index contributed by atoms with van der Waals surface area (Å²) in [5.41, 5.74) is 0. The van der Waals surface area contributed by atoms with E-state index in [1.54, 1.807) is 12.5 Å².